The minimum Gasteiger partial charge on any atom is -0.338 e. The SMILES string of the molecule is Cc1noc(CSc2ccccc2C(=O)Nc2ccc(Cn3ccnc3C)cc2)n1. The number of amides is 1. The molecule has 0 saturated carbocycles. The number of hydrogen-bond donors (Lipinski definition) is 1. The third-order valence-electron chi connectivity index (χ3n) is 4.54. The maximum absolute atomic E-state index is 12.8. The molecule has 1 amide bonds. The van der Waals surface area contributed by atoms with Crippen molar-refractivity contribution in [2.75, 3.05) is 5.32 Å². The first-order chi connectivity index (χ1) is 14.6. The Bertz CT molecular complexity index is 1150. The molecule has 30 heavy (non-hydrogen) atoms. The van der Waals surface area contributed by atoms with Gasteiger partial charge in [0.2, 0.25) is 5.89 Å². The van der Waals surface area contributed by atoms with Gasteiger partial charge in [-0.2, -0.15) is 4.98 Å². The summed E-state index contributed by atoms with van der Waals surface area (Å²) in [5, 5.41) is 6.77. The number of nitrogens with zero attached hydrogens (tertiary/aromatic N) is 4. The van der Waals surface area contributed by atoms with Gasteiger partial charge in [-0.15, -0.1) is 11.8 Å². The second kappa shape index (κ2) is 8.96. The molecule has 7 nitrogen and oxygen atoms in total. The summed E-state index contributed by atoms with van der Waals surface area (Å²) in [5.41, 5.74) is 2.50. The second-order valence-corrected chi connectivity index (χ2v) is 7.79. The van der Waals surface area contributed by atoms with E-state index in [1.165, 1.54) is 11.8 Å². The van der Waals surface area contributed by atoms with Gasteiger partial charge in [-0.1, -0.05) is 29.4 Å². The highest BCUT2D eigenvalue weighted by molar-refractivity contribution is 7.98. The lowest BCUT2D eigenvalue weighted by Gasteiger charge is -2.10. The summed E-state index contributed by atoms with van der Waals surface area (Å²) >= 11 is 1.49. The Morgan fingerprint density at radius 2 is 1.93 bits per heavy atom. The molecule has 0 unspecified atom stereocenters. The van der Waals surface area contributed by atoms with E-state index in [0.717, 1.165) is 28.5 Å². The lowest BCUT2D eigenvalue weighted by Crippen LogP contribution is -2.13. The minimum absolute atomic E-state index is 0.155. The van der Waals surface area contributed by atoms with Gasteiger partial charge in [-0.3, -0.25) is 4.79 Å². The number of anilines is 1. The van der Waals surface area contributed by atoms with Crippen LogP contribution in [0.5, 0.6) is 0 Å². The van der Waals surface area contributed by atoms with E-state index in [0.29, 0.717) is 23.0 Å². The van der Waals surface area contributed by atoms with Gasteiger partial charge in [0.25, 0.3) is 5.91 Å². The fraction of sp³-hybridized carbons (Fsp3) is 0.182. The summed E-state index contributed by atoms with van der Waals surface area (Å²) in [6, 6.07) is 15.3. The molecule has 4 aromatic rings. The highest BCUT2D eigenvalue weighted by atomic mass is 32.2. The Hall–Kier alpha value is -3.39. The van der Waals surface area contributed by atoms with Gasteiger partial charge in [-0.25, -0.2) is 4.98 Å². The summed E-state index contributed by atoms with van der Waals surface area (Å²) in [6.45, 7) is 4.50. The van der Waals surface area contributed by atoms with Crippen LogP contribution in [0.3, 0.4) is 0 Å². The number of hydrogen-bond acceptors (Lipinski definition) is 6. The number of nitrogens with one attached hydrogen (secondary N) is 1. The van der Waals surface area contributed by atoms with Crippen molar-refractivity contribution in [1.29, 1.82) is 0 Å². The van der Waals surface area contributed by atoms with E-state index >= 15 is 0 Å². The molecular formula is C22H21N5O2S. The molecule has 2 aromatic carbocycles. The van der Waals surface area contributed by atoms with Crippen molar-refractivity contribution < 1.29 is 9.32 Å². The Morgan fingerprint density at radius 1 is 1.13 bits per heavy atom. The van der Waals surface area contributed by atoms with E-state index in [-0.39, 0.29) is 5.91 Å². The Labute approximate surface area is 178 Å². The van der Waals surface area contributed by atoms with E-state index in [4.69, 9.17) is 4.52 Å². The first-order valence-electron chi connectivity index (χ1n) is 9.47. The second-order valence-electron chi connectivity index (χ2n) is 6.77. The average molecular weight is 420 g/mol. The van der Waals surface area contributed by atoms with Gasteiger partial charge in [0.15, 0.2) is 5.82 Å². The summed E-state index contributed by atoms with van der Waals surface area (Å²) in [5.74, 6) is 2.46. The zero-order valence-corrected chi connectivity index (χ0v) is 17.5. The molecule has 8 heteroatoms. The van der Waals surface area contributed by atoms with E-state index in [2.05, 4.69) is 25.0 Å². The predicted octanol–water partition coefficient (Wildman–Crippen LogP) is 4.48. The molecule has 0 radical (unpaired) electrons. The Balaban J connectivity index is 1.41. The third-order valence-corrected chi connectivity index (χ3v) is 5.60. The van der Waals surface area contributed by atoms with Crippen molar-refractivity contribution in [2.24, 2.45) is 0 Å². The van der Waals surface area contributed by atoms with Gasteiger partial charge < -0.3 is 14.4 Å². The molecule has 152 valence electrons. The molecular weight excluding hydrogens is 398 g/mol. The van der Waals surface area contributed by atoms with Gasteiger partial charge in [0.1, 0.15) is 5.82 Å². The smallest absolute Gasteiger partial charge is 0.256 e. The number of carbonyl (C=O) groups is 1. The summed E-state index contributed by atoms with van der Waals surface area (Å²) in [4.78, 5) is 22.1. The topological polar surface area (TPSA) is 85.8 Å². The Morgan fingerprint density at radius 3 is 2.63 bits per heavy atom. The average Bonchev–Trinajstić information content (AvgIpc) is 3.36. The van der Waals surface area contributed by atoms with Crippen molar-refractivity contribution in [3.63, 3.8) is 0 Å². The highest BCUT2D eigenvalue weighted by Crippen LogP contribution is 2.26. The molecule has 0 spiro atoms. The Kier molecular flexibility index (Phi) is 5.94. The number of imidazole rings is 1. The van der Waals surface area contributed by atoms with Crippen LogP contribution in [0.25, 0.3) is 0 Å². The molecule has 1 N–H and O–H groups in total. The molecule has 0 fully saturated rings. The van der Waals surface area contributed by atoms with Crippen LogP contribution in [-0.2, 0) is 12.3 Å². The number of aromatic nitrogens is 4. The molecule has 0 aliphatic rings. The molecule has 0 saturated heterocycles. The van der Waals surface area contributed by atoms with Gasteiger partial charge in [-0.05, 0) is 43.7 Å². The molecule has 2 aromatic heterocycles. The van der Waals surface area contributed by atoms with Crippen molar-refractivity contribution in [2.45, 2.75) is 31.0 Å². The van der Waals surface area contributed by atoms with Crippen LogP contribution in [0.15, 0.2) is 70.3 Å². The molecule has 0 aliphatic heterocycles. The first-order valence-corrected chi connectivity index (χ1v) is 10.5. The quantitative estimate of drug-likeness (QED) is 0.445. The van der Waals surface area contributed by atoms with Gasteiger partial charge in [0.05, 0.1) is 11.3 Å². The fourth-order valence-electron chi connectivity index (χ4n) is 2.98. The van der Waals surface area contributed by atoms with E-state index in [1.807, 2.05) is 61.7 Å². The maximum Gasteiger partial charge on any atom is 0.256 e. The van der Waals surface area contributed by atoms with Crippen molar-refractivity contribution in [1.82, 2.24) is 19.7 Å². The van der Waals surface area contributed by atoms with Crippen LogP contribution >= 0.6 is 11.8 Å². The molecule has 2 heterocycles. The zero-order chi connectivity index (χ0) is 20.9. The fourth-order valence-corrected chi connectivity index (χ4v) is 3.86. The largest absolute Gasteiger partial charge is 0.338 e. The van der Waals surface area contributed by atoms with Crippen LogP contribution in [-0.4, -0.2) is 25.6 Å². The predicted molar refractivity (Wildman–Crippen MR) is 115 cm³/mol. The summed E-state index contributed by atoms with van der Waals surface area (Å²) in [7, 11) is 0. The third kappa shape index (κ3) is 4.77. The van der Waals surface area contributed by atoms with E-state index < -0.39 is 0 Å². The summed E-state index contributed by atoms with van der Waals surface area (Å²) < 4.78 is 7.23. The van der Waals surface area contributed by atoms with E-state index in [1.54, 1.807) is 13.1 Å². The number of thioether (sulfide) groups is 1. The molecule has 0 atom stereocenters. The van der Waals surface area contributed by atoms with Crippen LogP contribution in [0.2, 0.25) is 0 Å². The van der Waals surface area contributed by atoms with E-state index in [9.17, 15) is 4.79 Å². The summed E-state index contributed by atoms with van der Waals surface area (Å²) in [6.07, 6.45) is 3.74. The lowest BCUT2D eigenvalue weighted by atomic mass is 10.1. The maximum atomic E-state index is 12.8. The van der Waals surface area contributed by atoms with Crippen LogP contribution in [0.1, 0.15) is 33.5 Å². The standard InChI is InChI=1S/C22H21N5O2S/c1-15-24-21(29-26-15)14-30-20-6-4-3-5-19(20)22(28)25-18-9-7-17(8-10-18)13-27-12-11-23-16(27)2/h3-12H,13-14H2,1-2H3,(H,25,28). The van der Waals surface area contributed by atoms with Gasteiger partial charge in [0, 0.05) is 29.5 Å². The lowest BCUT2D eigenvalue weighted by molar-refractivity contribution is 0.102. The highest BCUT2D eigenvalue weighted by Gasteiger charge is 2.13. The number of carbonyl (C=O) groups excluding carboxylic acids is 1. The number of aryl methyl sites for hydroxylation is 2. The number of benzene rings is 2. The van der Waals surface area contributed by atoms with Crippen molar-refractivity contribution >= 4 is 23.4 Å². The molecule has 0 bridgehead atoms. The molecule has 4 rings (SSSR count). The molecule has 0 aliphatic carbocycles. The first kappa shape index (κ1) is 19.9. The normalized spacial score (nSPS) is 10.9. The monoisotopic (exact) mass is 419 g/mol. The van der Waals surface area contributed by atoms with Crippen molar-refractivity contribution in [3.05, 3.63) is 89.6 Å². The van der Waals surface area contributed by atoms with Gasteiger partial charge >= 0.3 is 0 Å². The van der Waals surface area contributed by atoms with Crippen molar-refractivity contribution in [3.8, 4) is 0 Å². The van der Waals surface area contributed by atoms with Crippen LogP contribution < -0.4 is 5.32 Å². The van der Waals surface area contributed by atoms with Crippen LogP contribution in [0.4, 0.5) is 5.69 Å². The zero-order valence-electron chi connectivity index (χ0n) is 16.7. The minimum atomic E-state index is -0.155. The number of rotatable bonds is 7. The van der Waals surface area contributed by atoms with Crippen LogP contribution in [0, 0.1) is 13.8 Å².